The van der Waals surface area contributed by atoms with Gasteiger partial charge in [-0.2, -0.15) is 5.10 Å². The Bertz CT molecular complexity index is 821. The zero-order chi connectivity index (χ0) is 17.2. The van der Waals surface area contributed by atoms with Crippen LogP contribution in [0, 0.1) is 13.8 Å². The van der Waals surface area contributed by atoms with Crippen molar-refractivity contribution in [2.75, 3.05) is 5.32 Å². The van der Waals surface area contributed by atoms with Gasteiger partial charge in [0.25, 0.3) is 0 Å². The van der Waals surface area contributed by atoms with Crippen molar-refractivity contribution in [3.8, 4) is 0 Å². The first-order chi connectivity index (χ1) is 12.2. The molecule has 1 aliphatic rings. The predicted molar refractivity (Wildman–Crippen MR) is 94.4 cm³/mol. The molecule has 6 nitrogen and oxygen atoms in total. The van der Waals surface area contributed by atoms with E-state index in [4.69, 9.17) is 9.26 Å². The summed E-state index contributed by atoms with van der Waals surface area (Å²) in [5.41, 5.74) is 4.31. The number of aryl methyl sites for hydroxylation is 3. The number of anilines is 1. The SMILES string of the molecule is Cc1noc(C)c1Cn1cc(NC2OC2CCc2ccccc2)cn1. The maximum atomic E-state index is 5.72. The van der Waals surface area contributed by atoms with Crippen LogP contribution in [0.2, 0.25) is 0 Å². The topological polar surface area (TPSA) is 68.4 Å². The summed E-state index contributed by atoms with van der Waals surface area (Å²) in [5.74, 6) is 0.842. The summed E-state index contributed by atoms with van der Waals surface area (Å²) in [7, 11) is 0. The van der Waals surface area contributed by atoms with Gasteiger partial charge < -0.3 is 14.6 Å². The molecule has 0 radical (unpaired) electrons. The molecule has 1 aliphatic heterocycles. The molecule has 0 saturated carbocycles. The number of hydrogen-bond acceptors (Lipinski definition) is 5. The number of aromatic nitrogens is 3. The second kappa shape index (κ2) is 6.72. The van der Waals surface area contributed by atoms with E-state index < -0.39 is 0 Å². The third-order valence-electron chi connectivity index (χ3n) is 4.59. The van der Waals surface area contributed by atoms with E-state index in [1.54, 1.807) is 0 Å². The Morgan fingerprint density at radius 3 is 2.80 bits per heavy atom. The minimum absolute atomic E-state index is 0.0837. The summed E-state index contributed by atoms with van der Waals surface area (Å²) < 4.78 is 12.8. The number of nitrogens with zero attached hydrogens (tertiary/aromatic N) is 3. The Kier molecular flexibility index (Phi) is 4.28. The number of ether oxygens (including phenoxy) is 1. The smallest absolute Gasteiger partial charge is 0.154 e. The van der Waals surface area contributed by atoms with Crippen LogP contribution in [0.5, 0.6) is 0 Å². The Morgan fingerprint density at radius 2 is 2.04 bits per heavy atom. The molecule has 1 fully saturated rings. The monoisotopic (exact) mass is 338 g/mol. The summed E-state index contributed by atoms with van der Waals surface area (Å²) >= 11 is 0. The molecule has 1 N–H and O–H groups in total. The average molecular weight is 338 g/mol. The molecule has 25 heavy (non-hydrogen) atoms. The van der Waals surface area contributed by atoms with Crippen molar-refractivity contribution in [2.45, 2.75) is 45.6 Å². The van der Waals surface area contributed by atoms with Crippen LogP contribution in [-0.2, 0) is 17.7 Å². The van der Waals surface area contributed by atoms with E-state index in [1.807, 2.05) is 37.0 Å². The first-order valence-corrected chi connectivity index (χ1v) is 8.59. The number of benzene rings is 1. The van der Waals surface area contributed by atoms with Crippen molar-refractivity contribution < 1.29 is 9.26 Å². The van der Waals surface area contributed by atoms with Gasteiger partial charge in [-0.3, -0.25) is 4.68 Å². The zero-order valence-electron chi connectivity index (χ0n) is 14.5. The van der Waals surface area contributed by atoms with Gasteiger partial charge in [0.15, 0.2) is 6.23 Å². The van der Waals surface area contributed by atoms with Crippen LogP contribution in [0.1, 0.15) is 29.0 Å². The second-order valence-corrected chi connectivity index (χ2v) is 6.49. The minimum Gasteiger partial charge on any atom is -0.361 e. The van der Waals surface area contributed by atoms with E-state index in [-0.39, 0.29) is 12.3 Å². The van der Waals surface area contributed by atoms with E-state index in [1.165, 1.54) is 5.56 Å². The zero-order valence-corrected chi connectivity index (χ0v) is 14.5. The molecular formula is C19H22N4O2. The van der Waals surface area contributed by atoms with Crippen molar-refractivity contribution in [1.82, 2.24) is 14.9 Å². The summed E-state index contributed by atoms with van der Waals surface area (Å²) in [6.45, 7) is 4.53. The van der Waals surface area contributed by atoms with E-state index in [0.717, 1.165) is 35.5 Å². The lowest BCUT2D eigenvalue weighted by molar-refractivity contribution is 0.373. The highest BCUT2D eigenvalue weighted by Gasteiger charge is 2.38. The van der Waals surface area contributed by atoms with E-state index in [9.17, 15) is 0 Å². The lowest BCUT2D eigenvalue weighted by atomic mass is 10.1. The van der Waals surface area contributed by atoms with E-state index in [2.05, 4.69) is 39.8 Å². The third kappa shape index (κ3) is 3.74. The fourth-order valence-corrected chi connectivity index (χ4v) is 3.02. The van der Waals surface area contributed by atoms with E-state index in [0.29, 0.717) is 6.54 Å². The number of hydrogen-bond donors (Lipinski definition) is 1. The molecule has 0 amide bonds. The fourth-order valence-electron chi connectivity index (χ4n) is 3.02. The highest BCUT2D eigenvalue weighted by atomic mass is 16.6. The summed E-state index contributed by atoms with van der Waals surface area (Å²) in [6.07, 6.45) is 6.23. The molecule has 6 heteroatoms. The van der Waals surface area contributed by atoms with Gasteiger partial charge in [-0.1, -0.05) is 35.5 Å². The number of nitrogens with one attached hydrogen (secondary N) is 1. The largest absolute Gasteiger partial charge is 0.361 e. The van der Waals surface area contributed by atoms with Gasteiger partial charge in [0.1, 0.15) is 11.9 Å². The van der Waals surface area contributed by atoms with Gasteiger partial charge >= 0.3 is 0 Å². The first-order valence-electron chi connectivity index (χ1n) is 8.59. The standard InChI is InChI=1S/C19H22N4O2/c1-13-17(14(2)25-22-13)12-23-11-16(10-20-23)21-19-18(24-19)9-8-15-6-4-3-5-7-15/h3-7,10-11,18-19,21H,8-9,12H2,1-2H3. The normalized spacial score (nSPS) is 19.1. The highest BCUT2D eigenvalue weighted by molar-refractivity contribution is 5.40. The van der Waals surface area contributed by atoms with Crippen LogP contribution in [0.4, 0.5) is 5.69 Å². The number of epoxide rings is 1. The first kappa shape index (κ1) is 15.9. The van der Waals surface area contributed by atoms with Gasteiger partial charge in [0, 0.05) is 11.8 Å². The Balaban J connectivity index is 1.28. The van der Waals surface area contributed by atoms with Gasteiger partial charge in [-0.25, -0.2) is 0 Å². The molecule has 3 heterocycles. The van der Waals surface area contributed by atoms with Crippen LogP contribution in [0.25, 0.3) is 0 Å². The highest BCUT2D eigenvalue weighted by Crippen LogP contribution is 2.28. The Labute approximate surface area is 146 Å². The quantitative estimate of drug-likeness (QED) is 0.669. The van der Waals surface area contributed by atoms with Crippen LogP contribution in [0.3, 0.4) is 0 Å². The van der Waals surface area contributed by atoms with Gasteiger partial charge in [-0.05, 0) is 32.3 Å². The maximum absolute atomic E-state index is 5.72. The van der Waals surface area contributed by atoms with Gasteiger partial charge in [0.2, 0.25) is 0 Å². The fraction of sp³-hybridized carbons (Fsp3) is 0.368. The van der Waals surface area contributed by atoms with Crippen molar-refractivity contribution in [3.05, 3.63) is 65.3 Å². The van der Waals surface area contributed by atoms with Crippen molar-refractivity contribution >= 4 is 5.69 Å². The molecule has 3 aromatic rings. The minimum atomic E-state index is 0.0837. The Hall–Kier alpha value is -2.60. The van der Waals surface area contributed by atoms with Gasteiger partial charge in [0.05, 0.1) is 24.1 Å². The molecule has 1 saturated heterocycles. The number of rotatable bonds is 7. The lowest BCUT2D eigenvalue weighted by Crippen LogP contribution is -2.07. The summed E-state index contributed by atoms with van der Waals surface area (Å²) in [5, 5.41) is 11.8. The molecule has 2 atom stereocenters. The lowest BCUT2D eigenvalue weighted by Gasteiger charge is -2.01. The molecule has 0 spiro atoms. The van der Waals surface area contributed by atoms with Crippen LogP contribution in [0.15, 0.2) is 47.2 Å². The molecular weight excluding hydrogens is 316 g/mol. The summed E-state index contributed by atoms with van der Waals surface area (Å²) in [4.78, 5) is 0. The van der Waals surface area contributed by atoms with Crippen LogP contribution < -0.4 is 5.32 Å². The molecule has 0 bridgehead atoms. The average Bonchev–Trinajstić information content (AvgIpc) is 3.08. The second-order valence-electron chi connectivity index (χ2n) is 6.49. The summed E-state index contributed by atoms with van der Waals surface area (Å²) in [6, 6.07) is 10.5. The van der Waals surface area contributed by atoms with Crippen molar-refractivity contribution in [2.24, 2.45) is 0 Å². The molecule has 130 valence electrons. The Morgan fingerprint density at radius 1 is 1.20 bits per heavy atom. The van der Waals surface area contributed by atoms with Crippen molar-refractivity contribution in [1.29, 1.82) is 0 Å². The van der Waals surface area contributed by atoms with Crippen LogP contribution >= 0.6 is 0 Å². The van der Waals surface area contributed by atoms with Crippen LogP contribution in [-0.4, -0.2) is 27.3 Å². The third-order valence-corrected chi connectivity index (χ3v) is 4.59. The van der Waals surface area contributed by atoms with E-state index >= 15 is 0 Å². The molecule has 0 aliphatic carbocycles. The molecule has 2 aromatic heterocycles. The molecule has 1 aromatic carbocycles. The van der Waals surface area contributed by atoms with Crippen molar-refractivity contribution in [3.63, 3.8) is 0 Å². The molecule has 2 unspecified atom stereocenters. The maximum Gasteiger partial charge on any atom is 0.154 e. The predicted octanol–water partition coefficient (Wildman–Crippen LogP) is 3.31. The molecule has 4 rings (SSSR count). The van der Waals surface area contributed by atoms with Gasteiger partial charge in [-0.15, -0.1) is 0 Å².